The molecule has 0 saturated heterocycles. The molecule has 1 N–H and O–H groups in total. The number of aromatic nitrogens is 1. The number of phenolic OH excluding ortho intramolecular Hbond substituents is 1. The van der Waals surface area contributed by atoms with Crippen LogP contribution < -0.4 is 0 Å². The molecule has 24 heavy (non-hydrogen) atoms. The maximum absolute atomic E-state index is 12.6. The summed E-state index contributed by atoms with van der Waals surface area (Å²) < 4.78 is 10.1. The summed E-state index contributed by atoms with van der Waals surface area (Å²) in [5.41, 5.74) is 1.46. The third kappa shape index (κ3) is 3.37. The molecule has 0 bridgehead atoms. The minimum Gasteiger partial charge on any atom is -0.507 e. The molecule has 0 aliphatic heterocycles. The first kappa shape index (κ1) is 17.5. The van der Waals surface area contributed by atoms with Crippen molar-refractivity contribution < 1.29 is 24.2 Å². The van der Waals surface area contributed by atoms with Gasteiger partial charge in [0.15, 0.2) is 0 Å². The Morgan fingerprint density at radius 3 is 2.29 bits per heavy atom. The average molecular weight is 329 g/mol. The molecule has 0 spiro atoms. The normalized spacial score (nSPS) is 10.5. The molecule has 0 unspecified atom stereocenters. The summed E-state index contributed by atoms with van der Waals surface area (Å²) in [7, 11) is 1.21. The first-order chi connectivity index (χ1) is 11.4. The van der Waals surface area contributed by atoms with Crippen LogP contribution in [0.1, 0.15) is 40.1 Å². The van der Waals surface area contributed by atoms with E-state index in [9.17, 15) is 14.7 Å². The molecule has 2 rings (SSSR count). The number of aryl methyl sites for hydroxylation is 1. The molecule has 126 valence electrons. The molecule has 0 radical (unpaired) electrons. The number of nitrogens with zero attached hydrogens (tertiary/aromatic N) is 1. The maximum atomic E-state index is 12.6. The molecule has 0 amide bonds. The first-order valence-corrected chi connectivity index (χ1v) is 7.43. The zero-order valence-electron chi connectivity index (χ0n) is 14.0. The Morgan fingerprint density at radius 2 is 1.75 bits per heavy atom. The number of methoxy groups -OCH3 is 1. The van der Waals surface area contributed by atoms with Crippen LogP contribution in [-0.2, 0) is 9.47 Å². The summed E-state index contributed by atoms with van der Waals surface area (Å²) in [6.45, 7) is 5.14. The van der Waals surface area contributed by atoms with E-state index in [0.29, 0.717) is 11.1 Å². The Balaban J connectivity index is 2.83. The summed E-state index contributed by atoms with van der Waals surface area (Å²) in [6.07, 6.45) is 2.75. The Morgan fingerprint density at radius 1 is 1.12 bits per heavy atom. The van der Waals surface area contributed by atoms with Crippen LogP contribution in [0.2, 0.25) is 0 Å². The van der Waals surface area contributed by atoms with Gasteiger partial charge < -0.3 is 14.6 Å². The van der Waals surface area contributed by atoms with Gasteiger partial charge in [0.1, 0.15) is 11.3 Å². The number of phenols is 1. The molecule has 0 fully saturated rings. The summed E-state index contributed by atoms with van der Waals surface area (Å²) in [6, 6.07) is 4.65. The zero-order chi connectivity index (χ0) is 17.9. The number of ether oxygens (including phenoxy) is 2. The molecule has 1 heterocycles. The van der Waals surface area contributed by atoms with Crippen molar-refractivity contribution in [3.63, 3.8) is 0 Å². The van der Waals surface area contributed by atoms with Crippen molar-refractivity contribution in [2.75, 3.05) is 7.11 Å². The highest BCUT2D eigenvalue weighted by Crippen LogP contribution is 2.36. The van der Waals surface area contributed by atoms with Crippen molar-refractivity contribution in [2.45, 2.75) is 26.9 Å². The van der Waals surface area contributed by atoms with E-state index in [2.05, 4.69) is 4.98 Å². The number of hydrogen-bond acceptors (Lipinski definition) is 6. The van der Waals surface area contributed by atoms with E-state index in [0.717, 1.165) is 0 Å². The number of aromatic hydroxyl groups is 1. The topological polar surface area (TPSA) is 85.7 Å². The second kappa shape index (κ2) is 7.12. The van der Waals surface area contributed by atoms with Gasteiger partial charge in [0, 0.05) is 18.0 Å². The van der Waals surface area contributed by atoms with E-state index in [1.807, 2.05) is 0 Å². The third-order valence-corrected chi connectivity index (χ3v) is 3.41. The van der Waals surface area contributed by atoms with E-state index in [4.69, 9.17) is 9.47 Å². The van der Waals surface area contributed by atoms with Crippen LogP contribution >= 0.6 is 0 Å². The number of hydrogen-bond donors (Lipinski definition) is 1. The second-order valence-corrected chi connectivity index (χ2v) is 5.52. The summed E-state index contributed by atoms with van der Waals surface area (Å²) in [5.74, 6) is -1.57. The molecular weight excluding hydrogens is 310 g/mol. The maximum Gasteiger partial charge on any atom is 0.342 e. The number of carbonyl (C=O) groups is 2. The van der Waals surface area contributed by atoms with Gasteiger partial charge in [-0.05, 0) is 50.1 Å². The van der Waals surface area contributed by atoms with Crippen LogP contribution in [0.15, 0.2) is 30.6 Å². The average Bonchev–Trinajstić information content (AvgIpc) is 2.53. The third-order valence-electron chi connectivity index (χ3n) is 3.41. The van der Waals surface area contributed by atoms with Gasteiger partial charge in [-0.1, -0.05) is 0 Å². The van der Waals surface area contributed by atoms with Gasteiger partial charge in [0.2, 0.25) is 0 Å². The predicted octanol–water partition coefficient (Wildman–Crippen LogP) is 3.11. The Kier molecular flexibility index (Phi) is 5.18. The molecule has 0 atom stereocenters. The lowest BCUT2D eigenvalue weighted by atomic mass is 9.90. The summed E-state index contributed by atoms with van der Waals surface area (Å²) in [5, 5.41) is 10.3. The zero-order valence-corrected chi connectivity index (χ0v) is 14.0. The van der Waals surface area contributed by atoms with Crippen LogP contribution in [0, 0.1) is 6.92 Å². The SMILES string of the molecule is COC(=O)c1c(O)cc(C)c(C(=O)OC(C)C)c1-c1ccncc1. The van der Waals surface area contributed by atoms with Gasteiger partial charge >= 0.3 is 11.9 Å². The molecule has 1 aromatic carbocycles. The minimum absolute atomic E-state index is 0.0787. The monoisotopic (exact) mass is 329 g/mol. The lowest BCUT2D eigenvalue weighted by molar-refractivity contribution is 0.0378. The first-order valence-electron chi connectivity index (χ1n) is 7.43. The van der Waals surface area contributed by atoms with E-state index in [1.165, 1.54) is 25.6 Å². The van der Waals surface area contributed by atoms with E-state index in [-0.39, 0.29) is 28.5 Å². The smallest absolute Gasteiger partial charge is 0.342 e. The van der Waals surface area contributed by atoms with Crippen LogP contribution in [0.25, 0.3) is 11.1 Å². The molecule has 0 aliphatic rings. The number of pyridine rings is 1. The highest BCUT2D eigenvalue weighted by molar-refractivity contribution is 6.08. The van der Waals surface area contributed by atoms with Crippen molar-refractivity contribution in [2.24, 2.45) is 0 Å². The van der Waals surface area contributed by atoms with E-state index >= 15 is 0 Å². The molecule has 1 aromatic heterocycles. The van der Waals surface area contributed by atoms with E-state index in [1.54, 1.807) is 32.9 Å². The lowest BCUT2D eigenvalue weighted by Gasteiger charge is -2.18. The summed E-state index contributed by atoms with van der Waals surface area (Å²) in [4.78, 5) is 28.7. The fourth-order valence-electron chi connectivity index (χ4n) is 2.45. The van der Waals surface area contributed by atoms with Gasteiger partial charge in [-0.2, -0.15) is 0 Å². The highest BCUT2D eigenvalue weighted by atomic mass is 16.5. The van der Waals surface area contributed by atoms with Crippen LogP contribution in [0.3, 0.4) is 0 Å². The second-order valence-electron chi connectivity index (χ2n) is 5.52. The predicted molar refractivity (Wildman–Crippen MR) is 88.0 cm³/mol. The van der Waals surface area contributed by atoms with Gasteiger partial charge in [0.05, 0.1) is 18.8 Å². The molecule has 6 nitrogen and oxygen atoms in total. The van der Waals surface area contributed by atoms with Crippen molar-refractivity contribution >= 4 is 11.9 Å². The van der Waals surface area contributed by atoms with Crippen molar-refractivity contribution in [1.29, 1.82) is 0 Å². The molecule has 0 saturated carbocycles. The molecule has 0 aliphatic carbocycles. The number of rotatable bonds is 4. The fourth-order valence-corrected chi connectivity index (χ4v) is 2.45. The van der Waals surface area contributed by atoms with Gasteiger partial charge in [-0.15, -0.1) is 0 Å². The molecule has 2 aromatic rings. The standard InChI is InChI=1S/C18H19NO5/c1-10(2)24-18(22)14-11(3)9-13(20)16(17(21)23-4)15(14)12-5-7-19-8-6-12/h5-10,20H,1-4H3. The van der Waals surface area contributed by atoms with Crippen molar-refractivity contribution in [3.8, 4) is 16.9 Å². The fraction of sp³-hybridized carbons (Fsp3) is 0.278. The minimum atomic E-state index is -0.738. The van der Waals surface area contributed by atoms with Gasteiger partial charge in [-0.3, -0.25) is 4.98 Å². The highest BCUT2D eigenvalue weighted by Gasteiger charge is 2.28. The molecular formula is C18H19NO5. The van der Waals surface area contributed by atoms with Gasteiger partial charge in [-0.25, -0.2) is 9.59 Å². The van der Waals surface area contributed by atoms with Crippen LogP contribution in [0.4, 0.5) is 0 Å². The van der Waals surface area contributed by atoms with Gasteiger partial charge in [0.25, 0.3) is 0 Å². The molecule has 6 heteroatoms. The number of carbonyl (C=O) groups excluding carboxylic acids is 2. The quantitative estimate of drug-likeness (QED) is 0.868. The van der Waals surface area contributed by atoms with Crippen molar-refractivity contribution in [1.82, 2.24) is 4.98 Å². The Hall–Kier alpha value is -2.89. The number of benzene rings is 1. The summed E-state index contributed by atoms with van der Waals surface area (Å²) >= 11 is 0. The van der Waals surface area contributed by atoms with Crippen LogP contribution in [-0.4, -0.2) is 35.2 Å². The Labute approximate surface area is 140 Å². The largest absolute Gasteiger partial charge is 0.507 e. The number of esters is 2. The van der Waals surface area contributed by atoms with E-state index < -0.39 is 11.9 Å². The lowest BCUT2D eigenvalue weighted by Crippen LogP contribution is -2.16. The van der Waals surface area contributed by atoms with Crippen molar-refractivity contribution in [3.05, 3.63) is 47.3 Å². The van der Waals surface area contributed by atoms with Crippen LogP contribution in [0.5, 0.6) is 5.75 Å². The Bertz CT molecular complexity index is 769.